The van der Waals surface area contributed by atoms with Gasteiger partial charge >= 0.3 is 0 Å². The molecule has 0 spiro atoms. The summed E-state index contributed by atoms with van der Waals surface area (Å²) in [6.45, 7) is 2.94. The second-order valence-corrected chi connectivity index (χ2v) is 7.62. The fraction of sp³-hybridized carbons (Fsp3) is 0.650. The van der Waals surface area contributed by atoms with Crippen molar-refractivity contribution in [1.29, 1.82) is 0 Å². The summed E-state index contributed by atoms with van der Waals surface area (Å²) in [6, 6.07) is 6.07. The van der Waals surface area contributed by atoms with Gasteiger partial charge in [-0.15, -0.1) is 0 Å². The van der Waals surface area contributed by atoms with Crippen molar-refractivity contribution >= 4 is 21.8 Å². The van der Waals surface area contributed by atoms with Crippen LogP contribution in [0.25, 0.3) is 0 Å². The van der Waals surface area contributed by atoms with Gasteiger partial charge in [-0.25, -0.2) is 0 Å². The van der Waals surface area contributed by atoms with Crippen molar-refractivity contribution in [3.8, 4) is 5.75 Å². The lowest BCUT2D eigenvalue weighted by atomic mass is 9.94. The number of ether oxygens (including phenoxy) is 1. The molecule has 1 aromatic rings. The Hall–Kier alpha value is -1.03. The zero-order chi connectivity index (χ0) is 17.4. The molecule has 0 unspecified atom stereocenters. The quantitative estimate of drug-likeness (QED) is 0.519. The molecule has 0 saturated heterocycles. The third-order valence-corrected chi connectivity index (χ3v) is 5.50. The van der Waals surface area contributed by atoms with Crippen LogP contribution in [0.3, 0.4) is 0 Å². The molecule has 0 radical (unpaired) electrons. The summed E-state index contributed by atoms with van der Waals surface area (Å²) in [6.07, 6.45) is 10.8. The molecule has 1 aliphatic rings. The highest BCUT2D eigenvalue weighted by Crippen LogP contribution is 2.28. The van der Waals surface area contributed by atoms with Crippen LogP contribution in [0.15, 0.2) is 22.7 Å². The lowest BCUT2D eigenvalue weighted by molar-refractivity contribution is 0.0696. The first-order chi connectivity index (χ1) is 11.6. The average Bonchev–Trinajstić information content (AvgIpc) is 2.62. The summed E-state index contributed by atoms with van der Waals surface area (Å²) in [5.41, 5.74) is 0.730. The minimum absolute atomic E-state index is 0.108. The Morgan fingerprint density at radius 2 is 1.96 bits per heavy atom. The van der Waals surface area contributed by atoms with Crippen LogP contribution in [0.1, 0.15) is 75.1 Å². The Kier molecular flexibility index (Phi) is 8.10. The van der Waals surface area contributed by atoms with E-state index < -0.39 is 0 Å². The number of carbonyl (C=O) groups excluding carboxylic acids is 1. The van der Waals surface area contributed by atoms with Crippen molar-refractivity contribution in [2.75, 3.05) is 13.7 Å². The second kappa shape index (κ2) is 10.1. The highest BCUT2D eigenvalue weighted by Gasteiger charge is 2.23. The topological polar surface area (TPSA) is 29.5 Å². The molecule has 2 rings (SSSR count). The van der Waals surface area contributed by atoms with E-state index in [1.54, 1.807) is 0 Å². The van der Waals surface area contributed by atoms with Gasteiger partial charge < -0.3 is 9.64 Å². The molecule has 4 heteroatoms. The molecule has 134 valence electrons. The number of benzene rings is 1. The van der Waals surface area contributed by atoms with E-state index >= 15 is 0 Å². The van der Waals surface area contributed by atoms with Gasteiger partial charge in [0.05, 0.1) is 11.1 Å². The van der Waals surface area contributed by atoms with Gasteiger partial charge in [-0.1, -0.05) is 45.4 Å². The zero-order valence-corrected chi connectivity index (χ0v) is 16.6. The molecular formula is C20H30BrNO2. The number of hydrogen-bond donors (Lipinski definition) is 0. The molecule has 1 aliphatic carbocycles. The van der Waals surface area contributed by atoms with E-state index in [2.05, 4.69) is 22.9 Å². The molecule has 1 fully saturated rings. The predicted octanol–water partition coefficient (Wildman–Crippen LogP) is 5.81. The smallest absolute Gasteiger partial charge is 0.253 e. The first-order valence-electron chi connectivity index (χ1n) is 9.33. The van der Waals surface area contributed by atoms with Gasteiger partial charge in [0.2, 0.25) is 0 Å². The number of rotatable bonds is 8. The predicted molar refractivity (Wildman–Crippen MR) is 103 cm³/mol. The van der Waals surface area contributed by atoms with Crippen molar-refractivity contribution in [3.05, 3.63) is 28.2 Å². The van der Waals surface area contributed by atoms with E-state index in [9.17, 15) is 4.79 Å². The molecule has 1 amide bonds. The minimum Gasteiger partial charge on any atom is -0.492 e. The number of halogens is 1. The Morgan fingerprint density at radius 3 is 2.62 bits per heavy atom. The van der Waals surface area contributed by atoms with Crippen molar-refractivity contribution in [2.45, 2.75) is 70.8 Å². The number of carbonyl (C=O) groups is 1. The summed E-state index contributed by atoms with van der Waals surface area (Å²) in [5, 5.41) is 0. The molecule has 0 aromatic heterocycles. The maximum absolute atomic E-state index is 12.7. The maximum atomic E-state index is 12.7. The Labute approximate surface area is 154 Å². The van der Waals surface area contributed by atoms with Crippen LogP contribution in [-0.4, -0.2) is 30.5 Å². The Bertz CT molecular complexity index is 526. The van der Waals surface area contributed by atoms with E-state index in [0.29, 0.717) is 6.04 Å². The summed E-state index contributed by atoms with van der Waals surface area (Å²) in [4.78, 5) is 14.6. The van der Waals surface area contributed by atoms with Crippen LogP contribution >= 0.6 is 15.9 Å². The van der Waals surface area contributed by atoms with Gasteiger partial charge in [-0.3, -0.25) is 4.79 Å². The highest BCUT2D eigenvalue weighted by molar-refractivity contribution is 9.10. The molecule has 1 saturated carbocycles. The molecule has 3 nitrogen and oxygen atoms in total. The number of hydrogen-bond acceptors (Lipinski definition) is 2. The summed E-state index contributed by atoms with van der Waals surface area (Å²) < 4.78 is 6.69. The third-order valence-electron chi connectivity index (χ3n) is 4.88. The van der Waals surface area contributed by atoms with Gasteiger partial charge in [0.1, 0.15) is 5.75 Å². The largest absolute Gasteiger partial charge is 0.492 e. The molecule has 0 heterocycles. The number of unbranched alkanes of at least 4 members (excludes halogenated alkanes) is 3. The van der Waals surface area contributed by atoms with Gasteiger partial charge in [0.25, 0.3) is 5.91 Å². The standard InChI is InChI=1S/C20H30BrNO2/c1-3-4-5-9-14-24-19-13-12-16(15-18(19)21)20(23)22(2)17-10-7-6-8-11-17/h12-13,15,17H,3-11,14H2,1-2H3. The van der Waals surface area contributed by atoms with Crippen molar-refractivity contribution in [2.24, 2.45) is 0 Å². The van der Waals surface area contributed by atoms with E-state index in [1.807, 2.05) is 30.1 Å². The van der Waals surface area contributed by atoms with Crippen LogP contribution in [0.5, 0.6) is 5.75 Å². The average molecular weight is 396 g/mol. The molecule has 0 atom stereocenters. The Morgan fingerprint density at radius 1 is 1.21 bits per heavy atom. The molecule has 0 bridgehead atoms. The van der Waals surface area contributed by atoms with Gasteiger partial charge in [0.15, 0.2) is 0 Å². The van der Waals surface area contributed by atoms with E-state index in [0.717, 1.165) is 41.7 Å². The van der Waals surface area contributed by atoms with E-state index in [1.165, 1.54) is 38.5 Å². The first-order valence-corrected chi connectivity index (χ1v) is 10.1. The Balaban J connectivity index is 1.91. The first kappa shape index (κ1) is 19.3. The second-order valence-electron chi connectivity index (χ2n) is 6.76. The van der Waals surface area contributed by atoms with Gasteiger partial charge in [-0.2, -0.15) is 0 Å². The normalized spacial score (nSPS) is 15.3. The van der Waals surface area contributed by atoms with Crippen LogP contribution in [0, 0.1) is 0 Å². The highest BCUT2D eigenvalue weighted by atomic mass is 79.9. The van der Waals surface area contributed by atoms with Crippen molar-refractivity contribution in [1.82, 2.24) is 4.90 Å². The van der Waals surface area contributed by atoms with E-state index in [-0.39, 0.29) is 5.91 Å². The van der Waals surface area contributed by atoms with Crippen LogP contribution in [0.2, 0.25) is 0 Å². The van der Waals surface area contributed by atoms with E-state index in [4.69, 9.17) is 4.74 Å². The fourth-order valence-corrected chi connectivity index (χ4v) is 3.79. The summed E-state index contributed by atoms with van der Waals surface area (Å²) in [7, 11) is 1.93. The number of nitrogens with zero attached hydrogens (tertiary/aromatic N) is 1. The van der Waals surface area contributed by atoms with Gasteiger partial charge in [-0.05, 0) is 53.4 Å². The molecule has 1 aromatic carbocycles. The SMILES string of the molecule is CCCCCCOc1ccc(C(=O)N(C)C2CCCCC2)cc1Br. The molecular weight excluding hydrogens is 366 g/mol. The lowest BCUT2D eigenvalue weighted by Gasteiger charge is -2.31. The molecule has 0 N–H and O–H groups in total. The van der Waals surface area contributed by atoms with Crippen LogP contribution < -0.4 is 4.74 Å². The fourth-order valence-electron chi connectivity index (χ4n) is 3.30. The van der Waals surface area contributed by atoms with Crippen molar-refractivity contribution in [3.63, 3.8) is 0 Å². The van der Waals surface area contributed by atoms with Crippen LogP contribution in [0.4, 0.5) is 0 Å². The van der Waals surface area contributed by atoms with Gasteiger partial charge in [0, 0.05) is 18.7 Å². The number of amides is 1. The van der Waals surface area contributed by atoms with Crippen LogP contribution in [-0.2, 0) is 0 Å². The summed E-state index contributed by atoms with van der Waals surface area (Å²) in [5.74, 6) is 0.931. The molecule has 0 aliphatic heterocycles. The summed E-state index contributed by atoms with van der Waals surface area (Å²) >= 11 is 3.55. The lowest BCUT2D eigenvalue weighted by Crippen LogP contribution is -2.38. The third kappa shape index (κ3) is 5.51. The van der Waals surface area contributed by atoms with Crippen molar-refractivity contribution < 1.29 is 9.53 Å². The molecule has 24 heavy (non-hydrogen) atoms. The maximum Gasteiger partial charge on any atom is 0.253 e. The minimum atomic E-state index is 0.108. The zero-order valence-electron chi connectivity index (χ0n) is 15.0. The monoisotopic (exact) mass is 395 g/mol.